The molecule has 3 rings (SSSR count). The van der Waals surface area contributed by atoms with Crippen molar-refractivity contribution in [3.05, 3.63) is 48.3 Å². The van der Waals surface area contributed by atoms with Gasteiger partial charge in [0, 0.05) is 18.3 Å². The SMILES string of the molecule is CCOC(=O)C1CCCCN1C(=O)Cn1cc(NC(=O)c2ccccc2)cn1. The van der Waals surface area contributed by atoms with Gasteiger partial charge >= 0.3 is 5.97 Å². The van der Waals surface area contributed by atoms with E-state index in [0.29, 0.717) is 30.8 Å². The van der Waals surface area contributed by atoms with Crippen molar-refractivity contribution in [1.82, 2.24) is 14.7 Å². The summed E-state index contributed by atoms with van der Waals surface area (Å²) < 4.78 is 6.56. The highest BCUT2D eigenvalue weighted by molar-refractivity contribution is 6.04. The molecule has 1 N–H and O–H groups in total. The first kappa shape index (κ1) is 19.6. The Kier molecular flexibility index (Phi) is 6.41. The van der Waals surface area contributed by atoms with E-state index >= 15 is 0 Å². The Labute approximate surface area is 163 Å². The number of hydrogen-bond acceptors (Lipinski definition) is 5. The number of piperidine rings is 1. The first-order valence-corrected chi connectivity index (χ1v) is 9.43. The van der Waals surface area contributed by atoms with Gasteiger partial charge in [-0.1, -0.05) is 18.2 Å². The maximum atomic E-state index is 12.7. The van der Waals surface area contributed by atoms with E-state index in [0.717, 1.165) is 12.8 Å². The summed E-state index contributed by atoms with van der Waals surface area (Å²) in [7, 11) is 0. The minimum absolute atomic E-state index is 0.00286. The molecule has 8 heteroatoms. The molecule has 8 nitrogen and oxygen atoms in total. The molecular formula is C20H24N4O4. The van der Waals surface area contributed by atoms with Gasteiger partial charge in [0.05, 0.1) is 18.5 Å². The number of carbonyl (C=O) groups is 3. The number of ether oxygens (including phenoxy) is 1. The zero-order chi connectivity index (χ0) is 19.9. The fraction of sp³-hybridized carbons (Fsp3) is 0.400. The first-order chi connectivity index (χ1) is 13.6. The standard InChI is InChI=1S/C20H24N4O4/c1-2-28-20(27)17-10-6-7-11-24(17)18(25)14-23-13-16(12-21-23)22-19(26)15-8-4-3-5-9-15/h3-5,8-9,12-13,17H,2,6-7,10-11,14H2,1H3,(H,22,26). The number of rotatable bonds is 6. The number of esters is 1. The van der Waals surface area contributed by atoms with Crippen LogP contribution in [0.25, 0.3) is 0 Å². The second-order valence-corrected chi connectivity index (χ2v) is 6.60. The number of nitrogens with zero attached hydrogens (tertiary/aromatic N) is 3. The van der Waals surface area contributed by atoms with E-state index in [1.165, 1.54) is 10.9 Å². The van der Waals surface area contributed by atoms with Crippen LogP contribution in [0.5, 0.6) is 0 Å². The lowest BCUT2D eigenvalue weighted by atomic mass is 10.0. The van der Waals surface area contributed by atoms with Gasteiger partial charge < -0.3 is 15.0 Å². The normalized spacial score (nSPS) is 16.5. The average molecular weight is 384 g/mol. The molecule has 1 aliphatic heterocycles. The third-order valence-corrected chi connectivity index (χ3v) is 4.61. The topological polar surface area (TPSA) is 93.5 Å². The molecule has 0 aliphatic carbocycles. The van der Waals surface area contributed by atoms with Crippen molar-refractivity contribution in [1.29, 1.82) is 0 Å². The molecule has 1 fully saturated rings. The average Bonchev–Trinajstić information content (AvgIpc) is 3.15. The lowest BCUT2D eigenvalue weighted by Gasteiger charge is -2.34. The van der Waals surface area contributed by atoms with E-state index < -0.39 is 6.04 Å². The summed E-state index contributed by atoms with van der Waals surface area (Å²) in [6.45, 7) is 2.57. The summed E-state index contributed by atoms with van der Waals surface area (Å²) >= 11 is 0. The van der Waals surface area contributed by atoms with Crippen molar-refractivity contribution in [2.75, 3.05) is 18.5 Å². The molecule has 1 aromatic carbocycles. The first-order valence-electron chi connectivity index (χ1n) is 9.43. The van der Waals surface area contributed by atoms with E-state index in [1.807, 2.05) is 6.07 Å². The number of aromatic nitrogens is 2. The Hall–Kier alpha value is -3.16. The van der Waals surface area contributed by atoms with E-state index in [-0.39, 0.29) is 24.3 Å². The molecule has 1 aliphatic rings. The zero-order valence-electron chi connectivity index (χ0n) is 15.8. The molecule has 2 amide bonds. The third kappa shape index (κ3) is 4.76. The van der Waals surface area contributed by atoms with E-state index in [1.54, 1.807) is 42.3 Å². The number of benzene rings is 1. The quantitative estimate of drug-likeness (QED) is 0.770. The summed E-state index contributed by atoms with van der Waals surface area (Å²) in [5.74, 6) is -0.793. The maximum absolute atomic E-state index is 12.7. The summed E-state index contributed by atoms with van der Waals surface area (Å²) in [6.07, 6.45) is 5.46. The largest absolute Gasteiger partial charge is 0.464 e. The molecule has 1 aromatic heterocycles. The summed E-state index contributed by atoms with van der Waals surface area (Å²) in [4.78, 5) is 38.6. The molecule has 148 valence electrons. The zero-order valence-corrected chi connectivity index (χ0v) is 15.8. The second kappa shape index (κ2) is 9.16. The Morgan fingerprint density at radius 3 is 2.75 bits per heavy atom. The van der Waals surface area contributed by atoms with Gasteiger partial charge in [-0.05, 0) is 38.3 Å². The smallest absolute Gasteiger partial charge is 0.328 e. The fourth-order valence-electron chi connectivity index (χ4n) is 3.25. The minimum atomic E-state index is -0.533. The van der Waals surface area contributed by atoms with Crippen molar-refractivity contribution in [2.24, 2.45) is 0 Å². The van der Waals surface area contributed by atoms with Gasteiger partial charge in [0.25, 0.3) is 5.91 Å². The van der Waals surface area contributed by atoms with E-state index in [2.05, 4.69) is 10.4 Å². The van der Waals surface area contributed by atoms with Gasteiger partial charge in [-0.25, -0.2) is 4.79 Å². The van der Waals surface area contributed by atoms with Gasteiger partial charge in [-0.3, -0.25) is 14.3 Å². The molecule has 0 bridgehead atoms. The Bertz CT molecular complexity index is 834. The fourth-order valence-corrected chi connectivity index (χ4v) is 3.25. The van der Waals surface area contributed by atoms with Crippen LogP contribution in [0.4, 0.5) is 5.69 Å². The maximum Gasteiger partial charge on any atom is 0.328 e. The van der Waals surface area contributed by atoms with Crippen LogP contribution in [0, 0.1) is 0 Å². The van der Waals surface area contributed by atoms with Gasteiger partial charge in [0.2, 0.25) is 5.91 Å². The molecule has 28 heavy (non-hydrogen) atoms. The molecule has 0 spiro atoms. The number of anilines is 1. The molecule has 0 saturated carbocycles. The third-order valence-electron chi connectivity index (χ3n) is 4.61. The van der Waals surface area contributed by atoms with Gasteiger partial charge in [0.15, 0.2) is 0 Å². The summed E-state index contributed by atoms with van der Waals surface area (Å²) in [5, 5.41) is 6.90. The van der Waals surface area contributed by atoms with Crippen molar-refractivity contribution < 1.29 is 19.1 Å². The summed E-state index contributed by atoms with van der Waals surface area (Å²) in [6, 6.07) is 8.31. The molecule has 1 atom stereocenters. The number of amides is 2. The van der Waals surface area contributed by atoms with Gasteiger partial charge in [-0.15, -0.1) is 0 Å². The Morgan fingerprint density at radius 2 is 2.00 bits per heavy atom. The molecule has 2 heterocycles. The number of carbonyl (C=O) groups excluding carboxylic acids is 3. The van der Waals surface area contributed by atoms with Gasteiger partial charge in [-0.2, -0.15) is 5.10 Å². The highest BCUT2D eigenvalue weighted by atomic mass is 16.5. The van der Waals surface area contributed by atoms with Crippen LogP contribution in [0.15, 0.2) is 42.7 Å². The van der Waals surface area contributed by atoms with Crippen molar-refractivity contribution in [2.45, 2.75) is 38.8 Å². The van der Waals surface area contributed by atoms with Crippen LogP contribution in [0.1, 0.15) is 36.5 Å². The summed E-state index contributed by atoms with van der Waals surface area (Å²) in [5.41, 5.74) is 1.04. The number of likely N-dealkylation sites (tertiary alicyclic amines) is 1. The van der Waals surface area contributed by atoms with Crippen LogP contribution >= 0.6 is 0 Å². The monoisotopic (exact) mass is 384 g/mol. The van der Waals surface area contributed by atoms with Crippen LogP contribution < -0.4 is 5.32 Å². The molecule has 1 unspecified atom stereocenters. The van der Waals surface area contributed by atoms with E-state index in [9.17, 15) is 14.4 Å². The van der Waals surface area contributed by atoms with Crippen molar-refractivity contribution in [3.63, 3.8) is 0 Å². The van der Waals surface area contributed by atoms with Gasteiger partial charge in [0.1, 0.15) is 12.6 Å². The highest BCUT2D eigenvalue weighted by Gasteiger charge is 2.33. The van der Waals surface area contributed by atoms with Crippen LogP contribution in [-0.4, -0.2) is 51.7 Å². The number of hydrogen-bond donors (Lipinski definition) is 1. The number of nitrogens with one attached hydrogen (secondary N) is 1. The van der Waals surface area contributed by atoms with Crippen LogP contribution in [-0.2, 0) is 20.9 Å². The predicted octanol–water partition coefficient (Wildman–Crippen LogP) is 2.08. The predicted molar refractivity (Wildman–Crippen MR) is 103 cm³/mol. The van der Waals surface area contributed by atoms with Crippen LogP contribution in [0.2, 0.25) is 0 Å². The minimum Gasteiger partial charge on any atom is -0.464 e. The van der Waals surface area contributed by atoms with Crippen molar-refractivity contribution in [3.8, 4) is 0 Å². The molecule has 2 aromatic rings. The molecule has 1 saturated heterocycles. The van der Waals surface area contributed by atoms with Crippen LogP contribution in [0.3, 0.4) is 0 Å². The Balaban J connectivity index is 1.61. The highest BCUT2D eigenvalue weighted by Crippen LogP contribution is 2.19. The Morgan fingerprint density at radius 1 is 1.21 bits per heavy atom. The lowest BCUT2D eigenvalue weighted by molar-refractivity contribution is -0.156. The molecule has 0 radical (unpaired) electrons. The lowest BCUT2D eigenvalue weighted by Crippen LogP contribution is -2.49. The van der Waals surface area contributed by atoms with E-state index in [4.69, 9.17) is 4.74 Å². The van der Waals surface area contributed by atoms with Crippen molar-refractivity contribution >= 4 is 23.5 Å². The second-order valence-electron chi connectivity index (χ2n) is 6.60. The molecular weight excluding hydrogens is 360 g/mol.